The second-order valence-corrected chi connectivity index (χ2v) is 7.68. The van der Waals surface area contributed by atoms with Gasteiger partial charge in [-0.1, -0.05) is 30.3 Å². The monoisotopic (exact) mass is 419 g/mol. The highest BCUT2D eigenvalue weighted by atomic mass is 79.9. The number of rotatable bonds is 4. The molecule has 3 aromatic carbocycles. The van der Waals surface area contributed by atoms with Crippen molar-refractivity contribution in [3.05, 3.63) is 65.1 Å². The van der Waals surface area contributed by atoms with Crippen LogP contribution in [0.4, 0.5) is 5.69 Å². The molecule has 0 fully saturated rings. The van der Waals surface area contributed by atoms with Crippen molar-refractivity contribution < 1.29 is 17.4 Å². The van der Waals surface area contributed by atoms with Crippen LogP contribution in [0.3, 0.4) is 0 Å². The zero-order chi connectivity index (χ0) is 18.0. The smallest absolute Gasteiger partial charge is 0.339 e. The molecule has 0 atom stereocenters. The third kappa shape index (κ3) is 3.83. The number of carbonyl (C=O) groups is 1. The van der Waals surface area contributed by atoms with Gasteiger partial charge in [-0.05, 0) is 57.0 Å². The van der Waals surface area contributed by atoms with Crippen LogP contribution in [-0.2, 0) is 14.9 Å². The molecule has 1 N–H and O–H groups in total. The van der Waals surface area contributed by atoms with Crippen LogP contribution in [0.15, 0.2) is 70.0 Å². The third-order valence-corrected chi connectivity index (χ3v) is 5.56. The summed E-state index contributed by atoms with van der Waals surface area (Å²) in [6.45, 7) is 1.38. The van der Waals surface area contributed by atoms with Crippen molar-refractivity contribution in [3.8, 4) is 5.75 Å². The molecule has 0 aliphatic rings. The summed E-state index contributed by atoms with van der Waals surface area (Å²) < 4.78 is 30.8. The van der Waals surface area contributed by atoms with Gasteiger partial charge in [0.2, 0.25) is 5.91 Å². The molecule has 0 unspecified atom stereocenters. The van der Waals surface area contributed by atoms with E-state index in [1.807, 2.05) is 24.3 Å². The van der Waals surface area contributed by atoms with Crippen molar-refractivity contribution in [2.75, 3.05) is 5.32 Å². The maximum Gasteiger partial charge on any atom is 0.339 e. The van der Waals surface area contributed by atoms with Gasteiger partial charge >= 0.3 is 10.1 Å². The Balaban J connectivity index is 1.91. The molecule has 0 heterocycles. The minimum absolute atomic E-state index is 0.00154. The van der Waals surface area contributed by atoms with E-state index >= 15 is 0 Å². The summed E-state index contributed by atoms with van der Waals surface area (Å²) in [5, 5.41) is 4.41. The molecule has 0 bridgehead atoms. The number of nitrogens with one attached hydrogen (secondary N) is 1. The van der Waals surface area contributed by atoms with Crippen LogP contribution in [0.5, 0.6) is 5.75 Å². The summed E-state index contributed by atoms with van der Waals surface area (Å²) in [4.78, 5) is 11.0. The maximum absolute atomic E-state index is 12.5. The molecule has 0 aliphatic heterocycles. The van der Waals surface area contributed by atoms with E-state index in [1.54, 1.807) is 12.1 Å². The molecule has 3 rings (SSSR count). The van der Waals surface area contributed by atoms with Gasteiger partial charge in [0.25, 0.3) is 0 Å². The van der Waals surface area contributed by atoms with Crippen molar-refractivity contribution >= 4 is 48.4 Å². The molecule has 0 spiro atoms. The van der Waals surface area contributed by atoms with Gasteiger partial charge in [0, 0.05) is 12.6 Å². The van der Waals surface area contributed by atoms with E-state index in [1.165, 1.54) is 31.2 Å². The van der Waals surface area contributed by atoms with Gasteiger partial charge in [-0.15, -0.1) is 0 Å². The highest BCUT2D eigenvalue weighted by Crippen LogP contribution is 2.34. The van der Waals surface area contributed by atoms with Gasteiger partial charge < -0.3 is 9.50 Å². The lowest BCUT2D eigenvalue weighted by Crippen LogP contribution is -2.11. The summed E-state index contributed by atoms with van der Waals surface area (Å²) in [5.41, 5.74) is 0.512. The molecule has 0 radical (unpaired) electrons. The van der Waals surface area contributed by atoms with E-state index in [0.29, 0.717) is 10.2 Å². The van der Waals surface area contributed by atoms with Gasteiger partial charge in [-0.25, -0.2) is 0 Å². The molecule has 5 nitrogen and oxygen atoms in total. The Kier molecular flexibility index (Phi) is 4.78. The Labute approximate surface area is 153 Å². The predicted molar refractivity (Wildman–Crippen MR) is 100 cm³/mol. The van der Waals surface area contributed by atoms with E-state index in [0.717, 1.165) is 10.8 Å². The Morgan fingerprint density at radius 1 is 1.00 bits per heavy atom. The predicted octanol–water partition coefficient (Wildman–Crippen LogP) is 4.33. The van der Waals surface area contributed by atoms with Gasteiger partial charge in [0.05, 0.1) is 4.47 Å². The number of halogens is 1. The molecular formula is C18H14BrNO4S. The summed E-state index contributed by atoms with van der Waals surface area (Å²) in [6.07, 6.45) is 0. The molecule has 7 heteroatoms. The van der Waals surface area contributed by atoms with Crippen molar-refractivity contribution in [1.29, 1.82) is 0 Å². The molecular weight excluding hydrogens is 406 g/mol. The Morgan fingerprint density at radius 2 is 1.68 bits per heavy atom. The van der Waals surface area contributed by atoms with Crippen molar-refractivity contribution in [3.63, 3.8) is 0 Å². The normalized spacial score (nSPS) is 11.3. The second kappa shape index (κ2) is 6.85. The second-order valence-electron chi connectivity index (χ2n) is 5.34. The average molecular weight is 420 g/mol. The lowest BCUT2D eigenvalue weighted by molar-refractivity contribution is -0.114. The largest absolute Gasteiger partial charge is 0.378 e. The number of amides is 1. The third-order valence-electron chi connectivity index (χ3n) is 3.49. The van der Waals surface area contributed by atoms with Gasteiger partial charge in [-0.3, -0.25) is 4.79 Å². The molecule has 0 aliphatic carbocycles. The van der Waals surface area contributed by atoms with Crippen LogP contribution in [-0.4, -0.2) is 14.3 Å². The minimum Gasteiger partial charge on any atom is -0.378 e. The van der Waals surface area contributed by atoms with Crippen LogP contribution >= 0.6 is 15.9 Å². The van der Waals surface area contributed by atoms with Crippen LogP contribution in [0, 0.1) is 0 Å². The zero-order valence-electron chi connectivity index (χ0n) is 13.2. The number of anilines is 1. The topological polar surface area (TPSA) is 72.5 Å². The van der Waals surface area contributed by atoms with Gasteiger partial charge in [0.1, 0.15) is 4.90 Å². The number of benzene rings is 3. The molecule has 3 aromatic rings. The van der Waals surface area contributed by atoms with Crippen LogP contribution < -0.4 is 9.50 Å². The standard InChI is InChI=1S/C18H14BrNO4S/c1-12(21)20-14-7-9-15(10-8-14)25(22,23)24-17-11-6-13-4-2-3-5-16(13)18(17)19/h2-11H,1H3,(H,20,21). The van der Waals surface area contributed by atoms with Gasteiger partial charge in [0.15, 0.2) is 5.75 Å². The van der Waals surface area contributed by atoms with E-state index in [9.17, 15) is 13.2 Å². The number of hydrogen-bond acceptors (Lipinski definition) is 4. The first-order chi connectivity index (χ1) is 11.9. The van der Waals surface area contributed by atoms with Crippen LogP contribution in [0.2, 0.25) is 0 Å². The first-order valence-electron chi connectivity index (χ1n) is 7.36. The Hall–Kier alpha value is -2.38. The Morgan fingerprint density at radius 3 is 2.36 bits per heavy atom. The highest BCUT2D eigenvalue weighted by Gasteiger charge is 2.19. The summed E-state index contributed by atoms with van der Waals surface area (Å²) in [6, 6.07) is 16.8. The van der Waals surface area contributed by atoms with Crippen molar-refractivity contribution in [2.45, 2.75) is 11.8 Å². The lowest BCUT2D eigenvalue weighted by atomic mass is 10.1. The Bertz CT molecular complexity index is 1050. The highest BCUT2D eigenvalue weighted by molar-refractivity contribution is 9.10. The fourth-order valence-electron chi connectivity index (χ4n) is 2.35. The SMILES string of the molecule is CC(=O)Nc1ccc(S(=O)(=O)Oc2ccc3ccccc3c2Br)cc1. The van der Waals surface area contributed by atoms with Gasteiger partial charge in [-0.2, -0.15) is 8.42 Å². The zero-order valence-corrected chi connectivity index (χ0v) is 15.6. The van der Waals surface area contributed by atoms with Crippen molar-refractivity contribution in [1.82, 2.24) is 0 Å². The summed E-state index contributed by atoms with van der Waals surface area (Å²) in [5.74, 6) is -0.0170. The van der Waals surface area contributed by atoms with E-state index in [2.05, 4.69) is 21.2 Å². The number of hydrogen-bond donors (Lipinski definition) is 1. The molecule has 1 amide bonds. The number of carbonyl (C=O) groups excluding carboxylic acids is 1. The average Bonchev–Trinajstić information content (AvgIpc) is 2.57. The lowest BCUT2D eigenvalue weighted by Gasteiger charge is -2.11. The molecule has 0 aromatic heterocycles. The number of fused-ring (bicyclic) bond motifs is 1. The van der Waals surface area contributed by atoms with Crippen molar-refractivity contribution in [2.24, 2.45) is 0 Å². The van der Waals surface area contributed by atoms with Crippen LogP contribution in [0.25, 0.3) is 10.8 Å². The molecule has 25 heavy (non-hydrogen) atoms. The molecule has 128 valence electrons. The minimum atomic E-state index is -3.99. The van der Waals surface area contributed by atoms with E-state index in [4.69, 9.17) is 4.18 Å². The van der Waals surface area contributed by atoms with E-state index in [-0.39, 0.29) is 16.6 Å². The fourth-order valence-corrected chi connectivity index (χ4v) is 3.97. The molecule has 0 saturated heterocycles. The summed E-state index contributed by atoms with van der Waals surface area (Å²) in [7, 11) is -3.99. The first-order valence-corrected chi connectivity index (χ1v) is 9.56. The van der Waals surface area contributed by atoms with Crippen LogP contribution in [0.1, 0.15) is 6.92 Å². The maximum atomic E-state index is 12.5. The molecule has 0 saturated carbocycles. The van der Waals surface area contributed by atoms with E-state index < -0.39 is 10.1 Å². The quantitative estimate of drug-likeness (QED) is 0.638. The fraction of sp³-hybridized carbons (Fsp3) is 0.0556. The first kappa shape index (κ1) is 17.4. The summed E-state index contributed by atoms with van der Waals surface area (Å²) >= 11 is 3.41.